The standard InChI is InChI=1S/C19H21BrN2O3S/c20-17-6-4-5-16(13-17)19(23)21-14-15-7-9-18(10-8-15)26(24,25)22-11-2-1-3-12-22/h4-10,13H,1-3,11-12,14H2,(H,21,23). The van der Waals surface area contributed by atoms with Crippen molar-refractivity contribution >= 4 is 31.9 Å². The number of hydrogen-bond acceptors (Lipinski definition) is 3. The van der Waals surface area contributed by atoms with E-state index >= 15 is 0 Å². The molecule has 1 N–H and O–H groups in total. The summed E-state index contributed by atoms with van der Waals surface area (Å²) in [4.78, 5) is 12.5. The van der Waals surface area contributed by atoms with Crippen LogP contribution >= 0.6 is 15.9 Å². The monoisotopic (exact) mass is 436 g/mol. The molecular weight excluding hydrogens is 416 g/mol. The minimum atomic E-state index is -3.42. The highest BCUT2D eigenvalue weighted by atomic mass is 79.9. The number of piperidine rings is 1. The number of nitrogens with one attached hydrogen (secondary N) is 1. The van der Waals surface area contributed by atoms with Crippen LogP contribution in [0.15, 0.2) is 57.9 Å². The summed E-state index contributed by atoms with van der Waals surface area (Å²) in [5.41, 5.74) is 1.43. The van der Waals surface area contributed by atoms with Gasteiger partial charge in [-0.2, -0.15) is 4.31 Å². The topological polar surface area (TPSA) is 66.5 Å². The second-order valence-electron chi connectivity index (χ2n) is 6.30. The van der Waals surface area contributed by atoms with Gasteiger partial charge in [0, 0.05) is 29.7 Å². The first kappa shape index (κ1) is 19.1. The van der Waals surface area contributed by atoms with Crippen LogP contribution in [-0.4, -0.2) is 31.7 Å². The molecule has 2 aromatic carbocycles. The van der Waals surface area contributed by atoms with Crippen LogP contribution in [0.3, 0.4) is 0 Å². The highest BCUT2D eigenvalue weighted by Crippen LogP contribution is 2.21. The summed E-state index contributed by atoms with van der Waals surface area (Å²) in [5.74, 6) is -0.170. The average Bonchev–Trinajstić information content (AvgIpc) is 2.67. The number of carbonyl (C=O) groups is 1. The van der Waals surface area contributed by atoms with Gasteiger partial charge in [-0.3, -0.25) is 4.79 Å². The predicted molar refractivity (Wildman–Crippen MR) is 104 cm³/mol. The Balaban J connectivity index is 1.63. The van der Waals surface area contributed by atoms with Crippen molar-refractivity contribution in [2.75, 3.05) is 13.1 Å². The molecule has 0 saturated carbocycles. The van der Waals surface area contributed by atoms with Gasteiger partial charge in [0.05, 0.1) is 4.90 Å². The van der Waals surface area contributed by atoms with Gasteiger partial charge in [-0.1, -0.05) is 40.5 Å². The van der Waals surface area contributed by atoms with E-state index in [0.29, 0.717) is 30.1 Å². The molecule has 1 amide bonds. The van der Waals surface area contributed by atoms with Gasteiger partial charge < -0.3 is 5.32 Å². The Morgan fingerprint density at radius 2 is 1.73 bits per heavy atom. The molecular formula is C19H21BrN2O3S. The molecule has 0 bridgehead atoms. The van der Waals surface area contributed by atoms with Crippen molar-refractivity contribution in [3.05, 3.63) is 64.1 Å². The number of halogens is 1. The minimum absolute atomic E-state index is 0.170. The smallest absolute Gasteiger partial charge is 0.251 e. The molecule has 0 spiro atoms. The van der Waals surface area contributed by atoms with Crippen LogP contribution in [0.25, 0.3) is 0 Å². The SMILES string of the molecule is O=C(NCc1ccc(S(=O)(=O)N2CCCCC2)cc1)c1cccc(Br)c1. The lowest BCUT2D eigenvalue weighted by molar-refractivity contribution is 0.0951. The average molecular weight is 437 g/mol. The van der Waals surface area contributed by atoms with Crippen molar-refractivity contribution in [1.29, 1.82) is 0 Å². The predicted octanol–water partition coefficient (Wildman–Crippen LogP) is 3.55. The maximum atomic E-state index is 12.6. The molecule has 0 aromatic heterocycles. The first-order valence-corrected chi connectivity index (χ1v) is 10.8. The van der Waals surface area contributed by atoms with E-state index in [0.717, 1.165) is 29.3 Å². The van der Waals surface area contributed by atoms with Crippen molar-refractivity contribution in [1.82, 2.24) is 9.62 Å². The van der Waals surface area contributed by atoms with Crippen LogP contribution in [0, 0.1) is 0 Å². The molecule has 1 aliphatic rings. The lowest BCUT2D eigenvalue weighted by Crippen LogP contribution is -2.35. The van der Waals surface area contributed by atoms with E-state index < -0.39 is 10.0 Å². The van der Waals surface area contributed by atoms with Crippen molar-refractivity contribution in [3.63, 3.8) is 0 Å². The van der Waals surface area contributed by atoms with Crippen LogP contribution in [0.5, 0.6) is 0 Å². The van der Waals surface area contributed by atoms with Crippen LogP contribution in [0.1, 0.15) is 35.2 Å². The fourth-order valence-electron chi connectivity index (χ4n) is 2.95. The summed E-state index contributed by atoms with van der Waals surface area (Å²) in [5, 5.41) is 2.84. The molecule has 1 aliphatic heterocycles. The molecule has 7 heteroatoms. The van der Waals surface area contributed by atoms with Gasteiger partial charge in [0.25, 0.3) is 5.91 Å². The molecule has 0 unspecified atom stereocenters. The lowest BCUT2D eigenvalue weighted by Gasteiger charge is -2.25. The first-order valence-electron chi connectivity index (χ1n) is 8.60. The summed E-state index contributed by atoms with van der Waals surface area (Å²) in [6.45, 7) is 1.52. The Hall–Kier alpha value is -1.70. The van der Waals surface area contributed by atoms with Crippen molar-refractivity contribution in [3.8, 4) is 0 Å². The maximum absolute atomic E-state index is 12.6. The summed E-state index contributed by atoms with van der Waals surface area (Å²) in [6, 6.07) is 13.9. The molecule has 3 rings (SSSR count). The summed E-state index contributed by atoms with van der Waals surface area (Å²) < 4.78 is 27.7. The summed E-state index contributed by atoms with van der Waals surface area (Å²) >= 11 is 3.34. The van der Waals surface area contributed by atoms with Gasteiger partial charge >= 0.3 is 0 Å². The third-order valence-corrected chi connectivity index (χ3v) is 6.82. The minimum Gasteiger partial charge on any atom is -0.348 e. The maximum Gasteiger partial charge on any atom is 0.251 e. The van der Waals surface area contributed by atoms with Crippen molar-refractivity contribution in [2.24, 2.45) is 0 Å². The zero-order valence-electron chi connectivity index (χ0n) is 14.3. The number of amides is 1. The van der Waals surface area contributed by atoms with E-state index in [4.69, 9.17) is 0 Å². The van der Waals surface area contributed by atoms with E-state index in [9.17, 15) is 13.2 Å². The van der Waals surface area contributed by atoms with Gasteiger partial charge in [-0.05, 0) is 48.7 Å². The molecule has 138 valence electrons. The second-order valence-corrected chi connectivity index (χ2v) is 9.16. The molecule has 26 heavy (non-hydrogen) atoms. The number of benzene rings is 2. The van der Waals surface area contributed by atoms with E-state index in [1.54, 1.807) is 46.8 Å². The highest BCUT2D eigenvalue weighted by molar-refractivity contribution is 9.10. The molecule has 0 radical (unpaired) electrons. The molecule has 0 atom stereocenters. The summed E-state index contributed by atoms with van der Waals surface area (Å²) in [7, 11) is -3.42. The number of sulfonamides is 1. The number of rotatable bonds is 5. The molecule has 0 aliphatic carbocycles. The number of nitrogens with zero attached hydrogens (tertiary/aromatic N) is 1. The summed E-state index contributed by atoms with van der Waals surface area (Å²) in [6.07, 6.45) is 2.92. The van der Waals surface area contributed by atoms with E-state index in [2.05, 4.69) is 21.2 Å². The number of carbonyl (C=O) groups excluding carboxylic acids is 1. The Morgan fingerprint density at radius 3 is 2.38 bits per heavy atom. The van der Waals surface area contributed by atoms with E-state index in [-0.39, 0.29) is 5.91 Å². The van der Waals surface area contributed by atoms with Gasteiger partial charge in [0.2, 0.25) is 10.0 Å². The van der Waals surface area contributed by atoms with Gasteiger partial charge in [0.1, 0.15) is 0 Å². The molecule has 1 fully saturated rings. The Bertz CT molecular complexity index is 876. The van der Waals surface area contributed by atoms with E-state index in [1.807, 2.05) is 6.07 Å². The van der Waals surface area contributed by atoms with Crippen LogP contribution in [0.4, 0.5) is 0 Å². The second kappa shape index (κ2) is 8.33. The normalized spacial score (nSPS) is 15.6. The molecule has 1 heterocycles. The van der Waals surface area contributed by atoms with Crippen LogP contribution < -0.4 is 5.32 Å². The quantitative estimate of drug-likeness (QED) is 0.778. The molecule has 2 aromatic rings. The highest BCUT2D eigenvalue weighted by Gasteiger charge is 2.25. The third kappa shape index (κ3) is 4.52. The van der Waals surface area contributed by atoms with Gasteiger partial charge in [0.15, 0.2) is 0 Å². The largest absolute Gasteiger partial charge is 0.348 e. The zero-order valence-corrected chi connectivity index (χ0v) is 16.7. The van der Waals surface area contributed by atoms with Crippen LogP contribution in [0.2, 0.25) is 0 Å². The molecule has 1 saturated heterocycles. The fourth-order valence-corrected chi connectivity index (χ4v) is 4.86. The van der Waals surface area contributed by atoms with Crippen molar-refractivity contribution < 1.29 is 13.2 Å². The first-order chi connectivity index (χ1) is 12.5. The van der Waals surface area contributed by atoms with E-state index in [1.165, 1.54) is 0 Å². The molecule has 5 nitrogen and oxygen atoms in total. The number of hydrogen-bond donors (Lipinski definition) is 1. The van der Waals surface area contributed by atoms with Gasteiger partial charge in [-0.15, -0.1) is 0 Å². The van der Waals surface area contributed by atoms with Crippen LogP contribution in [-0.2, 0) is 16.6 Å². The Morgan fingerprint density at radius 1 is 1.04 bits per heavy atom. The fraction of sp³-hybridized carbons (Fsp3) is 0.316. The van der Waals surface area contributed by atoms with Gasteiger partial charge in [-0.25, -0.2) is 8.42 Å². The Labute approximate surface area is 162 Å². The van der Waals surface area contributed by atoms with Crippen molar-refractivity contribution in [2.45, 2.75) is 30.7 Å². The lowest BCUT2D eigenvalue weighted by atomic mass is 10.2. The third-order valence-electron chi connectivity index (χ3n) is 4.42. The Kier molecular flexibility index (Phi) is 6.11. The zero-order chi connectivity index (χ0) is 18.6.